The van der Waals surface area contributed by atoms with E-state index in [4.69, 9.17) is 14.2 Å². The SMILES string of the molecule is COc1cccc([C@H](CNS(=O)(=O)c2ccc3c(c2)OCCO3)N(C)C)c1. The third-order valence-electron chi connectivity index (χ3n) is 4.39. The Bertz CT molecular complexity index is 899. The van der Waals surface area contributed by atoms with Gasteiger partial charge < -0.3 is 19.1 Å². The maximum absolute atomic E-state index is 12.7. The van der Waals surface area contributed by atoms with E-state index in [1.165, 1.54) is 12.1 Å². The van der Waals surface area contributed by atoms with Gasteiger partial charge in [-0.2, -0.15) is 0 Å². The molecule has 8 heteroatoms. The highest BCUT2D eigenvalue weighted by Crippen LogP contribution is 2.32. The summed E-state index contributed by atoms with van der Waals surface area (Å²) in [7, 11) is 1.73. The number of ether oxygens (including phenoxy) is 3. The van der Waals surface area contributed by atoms with Gasteiger partial charge in [-0.15, -0.1) is 0 Å². The molecule has 0 bridgehead atoms. The van der Waals surface area contributed by atoms with Crippen LogP contribution in [0.3, 0.4) is 0 Å². The third-order valence-corrected chi connectivity index (χ3v) is 5.81. The molecule has 7 nitrogen and oxygen atoms in total. The van der Waals surface area contributed by atoms with Gasteiger partial charge in [0.1, 0.15) is 19.0 Å². The summed E-state index contributed by atoms with van der Waals surface area (Å²) in [6.07, 6.45) is 0. The fourth-order valence-corrected chi connectivity index (χ4v) is 3.96. The zero-order chi connectivity index (χ0) is 19.4. The lowest BCUT2D eigenvalue weighted by Crippen LogP contribution is -2.34. The zero-order valence-electron chi connectivity index (χ0n) is 15.6. The quantitative estimate of drug-likeness (QED) is 0.777. The van der Waals surface area contributed by atoms with Crippen LogP contribution in [0.15, 0.2) is 47.4 Å². The third kappa shape index (κ3) is 4.52. The minimum Gasteiger partial charge on any atom is -0.497 e. The summed E-state index contributed by atoms with van der Waals surface area (Å²) in [6.45, 7) is 1.09. The first-order chi connectivity index (χ1) is 12.9. The predicted octanol–water partition coefficient (Wildman–Crippen LogP) is 2.05. The number of nitrogens with one attached hydrogen (secondary N) is 1. The Kier molecular flexibility index (Phi) is 5.88. The lowest BCUT2D eigenvalue weighted by molar-refractivity contribution is 0.171. The van der Waals surface area contributed by atoms with E-state index in [9.17, 15) is 8.42 Å². The second-order valence-electron chi connectivity index (χ2n) is 6.41. The second-order valence-corrected chi connectivity index (χ2v) is 8.18. The summed E-state index contributed by atoms with van der Waals surface area (Å²) in [6, 6.07) is 12.1. The van der Waals surface area contributed by atoms with Crippen molar-refractivity contribution in [2.24, 2.45) is 0 Å². The van der Waals surface area contributed by atoms with Gasteiger partial charge >= 0.3 is 0 Å². The Labute approximate surface area is 159 Å². The Morgan fingerprint density at radius 2 is 1.85 bits per heavy atom. The van der Waals surface area contributed by atoms with E-state index in [0.29, 0.717) is 24.7 Å². The molecule has 0 aromatic heterocycles. The molecule has 0 radical (unpaired) electrons. The van der Waals surface area contributed by atoms with Crippen LogP contribution in [-0.4, -0.2) is 54.3 Å². The van der Waals surface area contributed by atoms with Crippen molar-refractivity contribution in [2.45, 2.75) is 10.9 Å². The van der Waals surface area contributed by atoms with E-state index in [1.807, 2.05) is 43.3 Å². The summed E-state index contributed by atoms with van der Waals surface area (Å²) in [4.78, 5) is 2.11. The molecule has 0 saturated heterocycles. The van der Waals surface area contributed by atoms with Crippen molar-refractivity contribution < 1.29 is 22.6 Å². The highest BCUT2D eigenvalue weighted by Gasteiger charge is 2.22. The number of likely N-dealkylation sites (N-methyl/N-ethyl adjacent to an activating group) is 1. The van der Waals surface area contributed by atoms with Crippen LogP contribution in [0.5, 0.6) is 17.2 Å². The fraction of sp³-hybridized carbons (Fsp3) is 0.368. The number of nitrogens with zero attached hydrogens (tertiary/aromatic N) is 1. The highest BCUT2D eigenvalue weighted by atomic mass is 32.2. The summed E-state index contributed by atoms with van der Waals surface area (Å²) in [5.41, 5.74) is 0.962. The van der Waals surface area contributed by atoms with Crippen LogP contribution in [0.2, 0.25) is 0 Å². The van der Waals surface area contributed by atoms with E-state index in [-0.39, 0.29) is 17.5 Å². The minimum atomic E-state index is -3.69. The summed E-state index contributed by atoms with van der Waals surface area (Å²) < 4.78 is 44.4. The van der Waals surface area contributed by atoms with Gasteiger partial charge in [0.25, 0.3) is 0 Å². The zero-order valence-corrected chi connectivity index (χ0v) is 16.5. The van der Waals surface area contributed by atoms with Crippen molar-refractivity contribution in [1.29, 1.82) is 0 Å². The van der Waals surface area contributed by atoms with E-state index in [1.54, 1.807) is 13.2 Å². The molecule has 146 valence electrons. The molecule has 0 unspecified atom stereocenters. The molecular weight excluding hydrogens is 368 g/mol. The topological polar surface area (TPSA) is 77.1 Å². The molecule has 0 aliphatic carbocycles. The van der Waals surface area contributed by atoms with Crippen molar-refractivity contribution in [3.05, 3.63) is 48.0 Å². The van der Waals surface area contributed by atoms with Gasteiger partial charge in [-0.3, -0.25) is 0 Å². The minimum absolute atomic E-state index is 0.146. The standard InChI is InChI=1S/C19H24N2O5S/c1-21(2)17(14-5-4-6-15(11-14)24-3)13-20-27(22,23)16-7-8-18-19(12-16)26-10-9-25-18/h4-8,11-12,17,20H,9-10,13H2,1-3H3/t17-/m0/s1. The van der Waals surface area contributed by atoms with Crippen LogP contribution in [-0.2, 0) is 10.0 Å². The Morgan fingerprint density at radius 1 is 1.11 bits per heavy atom. The fourth-order valence-electron chi connectivity index (χ4n) is 2.91. The molecule has 0 amide bonds. The molecule has 0 saturated carbocycles. The van der Waals surface area contributed by atoms with Crippen molar-refractivity contribution in [3.8, 4) is 17.2 Å². The average molecular weight is 392 g/mol. The number of fused-ring (bicyclic) bond motifs is 1. The molecule has 0 fully saturated rings. The Morgan fingerprint density at radius 3 is 2.56 bits per heavy atom. The molecular formula is C19H24N2O5S. The first-order valence-corrected chi connectivity index (χ1v) is 10.1. The van der Waals surface area contributed by atoms with Gasteiger partial charge in [-0.25, -0.2) is 13.1 Å². The summed E-state index contributed by atoms with van der Waals surface area (Å²) in [5, 5.41) is 0. The number of methoxy groups -OCH3 is 1. The van der Waals surface area contributed by atoms with Crippen LogP contribution in [0.1, 0.15) is 11.6 Å². The van der Waals surface area contributed by atoms with Crippen LogP contribution in [0.4, 0.5) is 0 Å². The number of hydrogen-bond donors (Lipinski definition) is 1. The molecule has 1 aliphatic rings. The maximum atomic E-state index is 12.7. The van der Waals surface area contributed by atoms with Crippen molar-refractivity contribution in [3.63, 3.8) is 0 Å². The lowest BCUT2D eigenvalue weighted by Gasteiger charge is -2.25. The average Bonchev–Trinajstić information content (AvgIpc) is 2.67. The van der Waals surface area contributed by atoms with Gasteiger partial charge in [0, 0.05) is 18.7 Å². The smallest absolute Gasteiger partial charge is 0.240 e. The largest absolute Gasteiger partial charge is 0.497 e. The monoisotopic (exact) mass is 392 g/mol. The second kappa shape index (κ2) is 8.16. The number of benzene rings is 2. The van der Waals surface area contributed by atoms with Crippen LogP contribution in [0, 0.1) is 0 Å². The molecule has 1 N–H and O–H groups in total. The molecule has 0 spiro atoms. The molecule has 2 aromatic carbocycles. The van der Waals surface area contributed by atoms with Gasteiger partial charge in [0.2, 0.25) is 10.0 Å². The molecule has 2 aromatic rings. The van der Waals surface area contributed by atoms with Gasteiger partial charge in [-0.1, -0.05) is 12.1 Å². The Hall–Kier alpha value is -2.29. The number of sulfonamides is 1. The van der Waals surface area contributed by atoms with Crippen LogP contribution < -0.4 is 18.9 Å². The van der Waals surface area contributed by atoms with Crippen LogP contribution >= 0.6 is 0 Å². The van der Waals surface area contributed by atoms with Gasteiger partial charge in [-0.05, 0) is 43.9 Å². The molecule has 1 aliphatic heterocycles. The summed E-state index contributed by atoms with van der Waals surface area (Å²) in [5.74, 6) is 1.73. The van der Waals surface area contributed by atoms with Crippen molar-refractivity contribution in [1.82, 2.24) is 9.62 Å². The van der Waals surface area contributed by atoms with E-state index >= 15 is 0 Å². The van der Waals surface area contributed by atoms with Crippen molar-refractivity contribution in [2.75, 3.05) is 41.0 Å². The lowest BCUT2D eigenvalue weighted by atomic mass is 10.1. The number of rotatable bonds is 7. The predicted molar refractivity (Wildman–Crippen MR) is 102 cm³/mol. The molecule has 1 heterocycles. The summed E-state index contributed by atoms with van der Waals surface area (Å²) >= 11 is 0. The van der Waals surface area contributed by atoms with E-state index in [0.717, 1.165) is 11.3 Å². The number of hydrogen-bond acceptors (Lipinski definition) is 6. The van der Waals surface area contributed by atoms with Gasteiger partial charge in [0.05, 0.1) is 12.0 Å². The van der Waals surface area contributed by atoms with E-state index in [2.05, 4.69) is 4.72 Å². The van der Waals surface area contributed by atoms with Gasteiger partial charge in [0.15, 0.2) is 11.5 Å². The van der Waals surface area contributed by atoms with Crippen molar-refractivity contribution >= 4 is 10.0 Å². The normalized spacial score (nSPS) is 14.8. The first-order valence-electron chi connectivity index (χ1n) is 8.60. The molecule has 27 heavy (non-hydrogen) atoms. The Balaban J connectivity index is 1.78. The maximum Gasteiger partial charge on any atom is 0.240 e. The van der Waals surface area contributed by atoms with Crippen LogP contribution in [0.25, 0.3) is 0 Å². The first kappa shape index (κ1) is 19.5. The highest BCUT2D eigenvalue weighted by molar-refractivity contribution is 7.89. The molecule has 3 rings (SSSR count). The molecule has 1 atom stereocenters. The van der Waals surface area contributed by atoms with E-state index < -0.39 is 10.0 Å².